The van der Waals surface area contributed by atoms with E-state index in [9.17, 15) is 14.0 Å². The van der Waals surface area contributed by atoms with Crippen LogP contribution in [0.15, 0.2) is 48.5 Å². The highest BCUT2D eigenvalue weighted by Gasteiger charge is 2.51. The average molecular weight is 625 g/mol. The van der Waals surface area contributed by atoms with Gasteiger partial charge in [-0.3, -0.25) is 9.59 Å². The minimum Gasteiger partial charge on any atom is -0.380 e. The number of hydrogen-bond donors (Lipinski definition) is 1. The molecule has 0 saturated carbocycles. The monoisotopic (exact) mass is 624 g/mol. The van der Waals surface area contributed by atoms with Gasteiger partial charge in [-0.25, -0.2) is 9.24 Å². The molecular weight excluding hydrogens is 579 g/mol. The van der Waals surface area contributed by atoms with Gasteiger partial charge in [0.15, 0.2) is 24.3 Å². The van der Waals surface area contributed by atoms with E-state index in [-0.39, 0.29) is 5.92 Å². The Bertz CT molecular complexity index is 1320. The third-order valence-electron chi connectivity index (χ3n) is 8.29. The minimum atomic E-state index is -1.15. The maximum absolute atomic E-state index is 14.0. The van der Waals surface area contributed by atoms with Gasteiger partial charge in [-0.1, -0.05) is 30.3 Å². The first-order valence-electron chi connectivity index (χ1n) is 15.7. The van der Waals surface area contributed by atoms with Gasteiger partial charge in [0, 0.05) is 45.6 Å². The van der Waals surface area contributed by atoms with Crippen molar-refractivity contribution in [2.75, 3.05) is 44.8 Å². The molecule has 0 spiro atoms. The Hall–Kier alpha value is -3.56. The number of piperidine rings is 1. The normalized spacial score (nSPS) is 20.5. The number of benzene rings is 2. The summed E-state index contributed by atoms with van der Waals surface area (Å²) >= 11 is 0. The van der Waals surface area contributed by atoms with Crippen LogP contribution in [0.1, 0.15) is 46.1 Å². The van der Waals surface area contributed by atoms with Crippen molar-refractivity contribution in [2.45, 2.75) is 77.3 Å². The molecule has 244 valence electrons. The Morgan fingerprint density at radius 3 is 2.36 bits per heavy atom. The molecular formula is C34H45FN4O6. The number of anilines is 1. The molecule has 0 radical (unpaired) electrons. The number of likely N-dealkylation sites (N-methyl/N-ethyl adjacent to an activating group) is 1. The Labute approximate surface area is 265 Å². The third-order valence-corrected chi connectivity index (χ3v) is 8.29. The summed E-state index contributed by atoms with van der Waals surface area (Å²) in [6.45, 7) is 17.1. The summed E-state index contributed by atoms with van der Waals surface area (Å²) in [5.41, 5.74) is 2.03. The lowest BCUT2D eigenvalue weighted by Crippen LogP contribution is -2.55. The molecule has 0 bridgehead atoms. The predicted octanol–water partition coefficient (Wildman–Crippen LogP) is 4.70. The highest BCUT2D eigenvalue weighted by atomic mass is 19.1. The molecule has 2 saturated heterocycles. The maximum Gasteiger partial charge on any atom is 0.255 e. The Kier molecular flexibility index (Phi) is 11.9. The van der Waals surface area contributed by atoms with Crippen LogP contribution in [0.5, 0.6) is 0 Å². The average Bonchev–Trinajstić information content (AvgIpc) is 3.37. The molecule has 10 nitrogen and oxygen atoms in total. The van der Waals surface area contributed by atoms with Crippen molar-refractivity contribution in [3.63, 3.8) is 0 Å². The summed E-state index contributed by atoms with van der Waals surface area (Å²) in [5.74, 6) is -2.17. The lowest BCUT2D eigenvalue weighted by molar-refractivity contribution is -0.185. The van der Waals surface area contributed by atoms with Gasteiger partial charge in [0.1, 0.15) is 5.82 Å². The van der Waals surface area contributed by atoms with Crippen LogP contribution in [-0.2, 0) is 35.0 Å². The van der Waals surface area contributed by atoms with Gasteiger partial charge >= 0.3 is 0 Å². The number of amides is 2. The van der Waals surface area contributed by atoms with Crippen molar-refractivity contribution >= 4 is 23.2 Å². The van der Waals surface area contributed by atoms with Crippen molar-refractivity contribution in [1.82, 2.24) is 10.2 Å². The molecule has 1 N–H and O–H groups in total. The molecule has 2 aromatic rings. The van der Waals surface area contributed by atoms with Crippen LogP contribution in [0.2, 0.25) is 0 Å². The zero-order chi connectivity index (χ0) is 32.6. The van der Waals surface area contributed by atoms with Crippen LogP contribution in [0.4, 0.5) is 15.8 Å². The number of nitrogens with one attached hydrogen (secondary N) is 1. The van der Waals surface area contributed by atoms with Crippen molar-refractivity contribution in [2.24, 2.45) is 5.92 Å². The Morgan fingerprint density at radius 1 is 1.09 bits per heavy atom. The molecule has 2 aliphatic heterocycles. The van der Waals surface area contributed by atoms with E-state index in [0.29, 0.717) is 45.0 Å². The molecule has 2 heterocycles. The van der Waals surface area contributed by atoms with Crippen molar-refractivity contribution in [3.8, 4) is 0 Å². The van der Waals surface area contributed by atoms with Crippen LogP contribution in [0.3, 0.4) is 0 Å². The number of rotatable bonds is 13. The van der Waals surface area contributed by atoms with E-state index in [1.54, 1.807) is 31.9 Å². The molecule has 4 rings (SSSR count). The molecule has 11 heteroatoms. The SMILES string of the molecule is [C-]#[N+]c1cc(F)ccc1N1CCC(CNC(=O)[C@@H]2OC(C)(C)O[C@H]2C(=O)N(C)C(Cc2ccccc2)C(OCC)OCC)CC1. The fourth-order valence-electron chi connectivity index (χ4n) is 5.95. The Morgan fingerprint density at radius 2 is 1.73 bits per heavy atom. The van der Waals surface area contributed by atoms with Crippen LogP contribution in [-0.4, -0.2) is 86.9 Å². The lowest BCUT2D eigenvalue weighted by atomic mass is 9.96. The number of carbonyl (C=O) groups is 2. The van der Waals surface area contributed by atoms with Gasteiger partial charge in [0.25, 0.3) is 11.8 Å². The first-order valence-corrected chi connectivity index (χ1v) is 15.7. The summed E-state index contributed by atoms with van der Waals surface area (Å²) in [7, 11) is 1.68. The second kappa shape index (κ2) is 15.6. The number of hydrogen-bond acceptors (Lipinski definition) is 7. The van der Waals surface area contributed by atoms with Gasteiger partial charge < -0.3 is 34.1 Å². The van der Waals surface area contributed by atoms with E-state index in [1.807, 2.05) is 44.2 Å². The highest BCUT2D eigenvalue weighted by Crippen LogP contribution is 2.33. The number of halogens is 1. The summed E-state index contributed by atoms with van der Waals surface area (Å²) < 4.78 is 37.5. The molecule has 0 aliphatic carbocycles. The second-order valence-electron chi connectivity index (χ2n) is 11.9. The molecule has 2 amide bonds. The van der Waals surface area contributed by atoms with E-state index in [2.05, 4.69) is 15.1 Å². The number of ether oxygens (including phenoxy) is 4. The van der Waals surface area contributed by atoms with Gasteiger partial charge in [0.2, 0.25) is 5.69 Å². The fraction of sp³-hybridized carbons (Fsp3) is 0.559. The van der Waals surface area contributed by atoms with Gasteiger partial charge in [-0.15, -0.1) is 0 Å². The molecule has 3 atom stereocenters. The van der Waals surface area contributed by atoms with Crippen molar-refractivity contribution in [3.05, 3.63) is 71.3 Å². The van der Waals surface area contributed by atoms with E-state index in [0.717, 1.165) is 24.1 Å². The van der Waals surface area contributed by atoms with Gasteiger partial charge in [-0.2, -0.15) is 0 Å². The standard InChI is InChI=1S/C34H45FN4O6/c1-7-42-33(43-8-2)28(20-23-12-10-9-11-13-23)38(6)32(41)30-29(44-34(3,4)45-30)31(40)37-22-24-16-18-39(19-17-24)27-15-14-25(35)21-26(27)36-5/h9-15,21,24,28-30,33H,7-8,16-20,22H2,1-4,6H3,(H,37,40)/t28?,29-,30-/m1/s1. The van der Waals surface area contributed by atoms with Gasteiger partial charge in [0.05, 0.1) is 12.6 Å². The van der Waals surface area contributed by atoms with Gasteiger partial charge in [-0.05, 0) is 76.6 Å². The predicted molar refractivity (Wildman–Crippen MR) is 168 cm³/mol. The quantitative estimate of drug-likeness (QED) is 0.255. The molecule has 2 aromatic carbocycles. The van der Waals surface area contributed by atoms with E-state index in [1.165, 1.54) is 12.1 Å². The first-order chi connectivity index (χ1) is 21.6. The summed E-state index contributed by atoms with van der Waals surface area (Å²) in [6, 6.07) is 13.6. The molecule has 0 aromatic heterocycles. The molecule has 45 heavy (non-hydrogen) atoms. The summed E-state index contributed by atoms with van der Waals surface area (Å²) in [5, 5.41) is 2.99. The topological polar surface area (TPSA) is 93.9 Å². The van der Waals surface area contributed by atoms with Crippen molar-refractivity contribution in [1.29, 1.82) is 0 Å². The third kappa shape index (κ3) is 8.79. The van der Waals surface area contributed by atoms with Crippen molar-refractivity contribution < 1.29 is 32.9 Å². The molecule has 1 unspecified atom stereocenters. The zero-order valence-electron chi connectivity index (χ0n) is 26.8. The Balaban J connectivity index is 1.41. The highest BCUT2D eigenvalue weighted by molar-refractivity contribution is 5.91. The van der Waals surface area contributed by atoms with Crippen LogP contribution >= 0.6 is 0 Å². The van der Waals surface area contributed by atoms with Crippen LogP contribution in [0, 0.1) is 18.3 Å². The largest absolute Gasteiger partial charge is 0.380 e. The van der Waals surface area contributed by atoms with Crippen LogP contribution < -0.4 is 10.2 Å². The van der Waals surface area contributed by atoms with Crippen LogP contribution in [0.25, 0.3) is 4.85 Å². The van der Waals surface area contributed by atoms with E-state index in [4.69, 9.17) is 25.5 Å². The summed E-state index contributed by atoms with van der Waals surface area (Å²) in [4.78, 5) is 34.6. The first kappa shape index (κ1) is 34.3. The minimum absolute atomic E-state index is 0.197. The number of carbonyl (C=O) groups excluding carboxylic acids is 2. The fourth-order valence-corrected chi connectivity index (χ4v) is 5.95. The second-order valence-corrected chi connectivity index (χ2v) is 11.9. The van der Waals surface area contributed by atoms with E-state index >= 15 is 0 Å². The van der Waals surface area contributed by atoms with E-state index < -0.39 is 48.0 Å². The molecule has 2 aliphatic rings. The number of nitrogens with zero attached hydrogens (tertiary/aromatic N) is 3. The summed E-state index contributed by atoms with van der Waals surface area (Å²) in [6.07, 6.45) is -0.917. The lowest BCUT2D eigenvalue weighted by Gasteiger charge is -2.36. The smallest absolute Gasteiger partial charge is 0.255 e. The maximum atomic E-state index is 14.0. The zero-order valence-corrected chi connectivity index (χ0v) is 26.8. The molecule has 2 fully saturated rings.